The number of hydrogen-bond acceptors (Lipinski definition) is 6. The van der Waals surface area contributed by atoms with Crippen molar-refractivity contribution < 1.29 is 19.0 Å². The van der Waals surface area contributed by atoms with Crippen LogP contribution in [0.25, 0.3) is 10.9 Å². The zero-order valence-corrected chi connectivity index (χ0v) is 18.8. The summed E-state index contributed by atoms with van der Waals surface area (Å²) in [7, 11) is 3.19. The number of aromatic nitrogens is 2. The second-order valence-electron chi connectivity index (χ2n) is 7.67. The zero-order chi connectivity index (χ0) is 22.7. The molecule has 1 aromatic heterocycles. The number of carbonyl (C=O) groups excluding carboxylic acids is 1. The molecule has 1 unspecified atom stereocenters. The van der Waals surface area contributed by atoms with E-state index in [9.17, 15) is 9.59 Å². The Labute approximate surface area is 190 Å². The first-order valence-corrected chi connectivity index (χ1v) is 10.8. The summed E-state index contributed by atoms with van der Waals surface area (Å²) in [4.78, 5) is 27.9. The second kappa shape index (κ2) is 9.54. The van der Waals surface area contributed by atoms with Gasteiger partial charge in [0.1, 0.15) is 6.61 Å². The highest BCUT2D eigenvalue weighted by molar-refractivity contribution is 7.71. The van der Waals surface area contributed by atoms with E-state index in [1.807, 2.05) is 18.2 Å². The topological polar surface area (TPSA) is 94.6 Å². The molecule has 32 heavy (non-hydrogen) atoms. The average Bonchev–Trinajstić information content (AvgIpc) is 3.33. The minimum Gasteiger partial charge on any atom is -0.493 e. The van der Waals surface area contributed by atoms with Gasteiger partial charge in [0.25, 0.3) is 11.5 Å². The van der Waals surface area contributed by atoms with Crippen LogP contribution in [-0.2, 0) is 18.3 Å². The molecule has 1 atom stereocenters. The molecular formula is C23H25N3O5S. The number of amides is 1. The maximum Gasteiger partial charge on any atom is 0.261 e. The maximum absolute atomic E-state index is 12.7. The largest absolute Gasteiger partial charge is 0.493 e. The van der Waals surface area contributed by atoms with Crippen molar-refractivity contribution in [2.45, 2.75) is 25.5 Å². The van der Waals surface area contributed by atoms with Gasteiger partial charge in [-0.1, -0.05) is 6.07 Å². The lowest BCUT2D eigenvalue weighted by atomic mass is 10.1. The highest BCUT2D eigenvalue weighted by Crippen LogP contribution is 2.29. The summed E-state index contributed by atoms with van der Waals surface area (Å²) in [5, 5.41) is 3.36. The summed E-state index contributed by atoms with van der Waals surface area (Å²) in [6, 6.07) is 10.4. The molecule has 2 N–H and O–H groups in total. The summed E-state index contributed by atoms with van der Waals surface area (Å²) in [6.07, 6.45) is 2.18. The van der Waals surface area contributed by atoms with Gasteiger partial charge in [0.15, 0.2) is 16.3 Å². The minimum absolute atomic E-state index is 0.120. The van der Waals surface area contributed by atoms with Crippen LogP contribution in [0.2, 0.25) is 0 Å². The Morgan fingerprint density at radius 3 is 2.88 bits per heavy atom. The van der Waals surface area contributed by atoms with Crippen LogP contribution in [0.4, 0.5) is 0 Å². The summed E-state index contributed by atoms with van der Waals surface area (Å²) >= 11 is 5.15. The van der Waals surface area contributed by atoms with Crippen LogP contribution in [0.3, 0.4) is 0 Å². The van der Waals surface area contributed by atoms with Gasteiger partial charge in [0.05, 0.1) is 24.1 Å². The van der Waals surface area contributed by atoms with Gasteiger partial charge in [-0.25, -0.2) is 0 Å². The SMILES string of the molecule is COc1cc(CNC(=O)c2ccc3c(=O)n(C)c(=S)[nH]c3c2)ccc1OCC1CCCO1. The van der Waals surface area contributed by atoms with E-state index in [2.05, 4.69) is 10.3 Å². The number of rotatable bonds is 7. The first-order chi connectivity index (χ1) is 15.5. The Morgan fingerprint density at radius 2 is 2.12 bits per heavy atom. The van der Waals surface area contributed by atoms with Crippen LogP contribution in [0.1, 0.15) is 28.8 Å². The van der Waals surface area contributed by atoms with Crippen LogP contribution in [0, 0.1) is 4.77 Å². The lowest BCUT2D eigenvalue weighted by Crippen LogP contribution is -2.23. The van der Waals surface area contributed by atoms with Gasteiger partial charge in [-0.3, -0.25) is 14.2 Å². The van der Waals surface area contributed by atoms with Crippen LogP contribution >= 0.6 is 12.2 Å². The number of fused-ring (bicyclic) bond motifs is 1. The number of nitrogens with one attached hydrogen (secondary N) is 2. The number of methoxy groups -OCH3 is 1. The van der Waals surface area contributed by atoms with Crippen LogP contribution in [0.15, 0.2) is 41.2 Å². The zero-order valence-electron chi connectivity index (χ0n) is 18.0. The predicted molar refractivity (Wildman–Crippen MR) is 123 cm³/mol. The average molecular weight is 456 g/mol. The molecule has 4 rings (SSSR count). The van der Waals surface area contributed by atoms with Gasteiger partial charge < -0.3 is 24.5 Å². The number of hydrogen-bond donors (Lipinski definition) is 2. The molecule has 1 saturated heterocycles. The molecule has 9 heteroatoms. The third kappa shape index (κ3) is 4.68. The fraction of sp³-hybridized carbons (Fsp3) is 0.348. The third-order valence-corrected chi connectivity index (χ3v) is 5.87. The predicted octanol–water partition coefficient (Wildman–Crippen LogP) is 3.09. The molecule has 168 valence electrons. The van der Waals surface area contributed by atoms with Crippen LogP contribution < -0.4 is 20.3 Å². The number of benzene rings is 2. The van der Waals surface area contributed by atoms with Crippen LogP contribution in [0.5, 0.6) is 11.5 Å². The summed E-state index contributed by atoms with van der Waals surface area (Å²) in [6.45, 7) is 1.58. The summed E-state index contributed by atoms with van der Waals surface area (Å²) in [5.41, 5.74) is 1.62. The van der Waals surface area contributed by atoms with Crippen molar-refractivity contribution in [3.63, 3.8) is 0 Å². The Hall–Kier alpha value is -3.17. The van der Waals surface area contributed by atoms with Crippen molar-refractivity contribution in [1.82, 2.24) is 14.9 Å². The molecule has 2 heterocycles. The van der Waals surface area contributed by atoms with Crippen molar-refractivity contribution >= 4 is 29.0 Å². The van der Waals surface area contributed by atoms with E-state index in [0.717, 1.165) is 25.0 Å². The Bertz CT molecular complexity index is 1260. The van der Waals surface area contributed by atoms with Gasteiger partial charge in [-0.05, 0) is 61.0 Å². The monoisotopic (exact) mass is 455 g/mol. The quantitative estimate of drug-likeness (QED) is 0.532. The molecule has 3 aromatic rings. The van der Waals surface area contributed by atoms with Crippen LogP contribution in [-0.4, -0.2) is 41.9 Å². The van der Waals surface area contributed by atoms with Crippen molar-refractivity contribution in [3.8, 4) is 11.5 Å². The highest BCUT2D eigenvalue weighted by Gasteiger charge is 2.17. The highest BCUT2D eigenvalue weighted by atomic mass is 32.1. The van der Waals surface area contributed by atoms with Crippen molar-refractivity contribution in [1.29, 1.82) is 0 Å². The molecule has 1 amide bonds. The lowest BCUT2D eigenvalue weighted by Gasteiger charge is -2.15. The second-order valence-corrected chi connectivity index (χ2v) is 8.06. The Kier molecular flexibility index (Phi) is 6.57. The Morgan fingerprint density at radius 1 is 1.28 bits per heavy atom. The van der Waals surface area contributed by atoms with E-state index < -0.39 is 0 Å². The number of aromatic amines is 1. The van der Waals surface area contributed by atoms with Crippen molar-refractivity contribution in [2.24, 2.45) is 7.05 Å². The number of nitrogens with zero attached hydrogens (tertiary/aromatic N) is 1. The molecule has 0 saturated carbocycles. The number of H-pyrrole nitrogens is 1. The normalized spacial score (nSPS) is 15.6. The fourth-order valence-corrected chi connectivity index (χ4v) is 3.82. The van der Waals surface area contributed by atoms with Gasteiger partial charge >= 0.3 is 0 Å². The van der Waals surface area contributed by atoms with E-state index in [1.54, 1.807) is 32.4 Å². The van der Waals surface area contributed by atoms with Gasteiger partial charge in [0.2, 0.25) is 0 Å². The minimum atomic E-state index is -0.260. The summed E-state index contributed by atoms with van der Waals surface area (Å²) < 4.78 is 18.5. The standard InChI is InChI=1S/C23H25N3O5S/c1-26-22(28)17-7-6-15(11-18(17)25-23(26)32)21(27)24-12-14-5-8-19(20(10-14)29-2)31-13-16-4-3-9-30-16/h5-8,10-11,16H,3-4,9,12-13H2,1-2H3,(H,24,27)(H,25,32). The molecule has 2 aromatic carbocycles. The fourth-order valence-electron chi connectivity index (χ4n) is 3.63. The van der Waals surface area contributed by atoms with Gasteiger partial charge in [-0.2, -0.15) is 0 Å². The molecule has 0 radical (unpaired) electrons. The first-order valence-electron chi connectivity index (χ1n) is 10.4. The van der Waals surface area contributed by atoms with E-state index in [0.29, 0.717) is 45.9 Å². The van der Waals surface area contributed by atoms with Crippen molar-refractivity contribution in [2.75, 3.05) is 20.3 Å². The van der Waals surface area contributed by atoms with E-state index >= 15 is 0 Å². The first kappa shape index (κ1) is 22.0. The summed E-state index contributed by atoms with van der Waals surface area (Å²) in [5.74, 6) is 0.984. The van der Waals surface area contributed by atoms with E-state index in [-0.39, 0.29) is 17.6 Å². The Balaban J connectivity index is 1.43. The molecular weight excluding hydrogens is 430 g/mol. The van der Waals surface area contributed by atoms with E-state index in [1.165, 1.54) is 4.57 Å². The number of carbonyl (C=O) groups is 1. The third-order valence-electron chi connectivity index (χ3n) is 5.49. The molecule has 0 aliphatic carbocycles. The van der Waals surface area contributed by atoms with Crippen molar-refractivity contribution in [3.05, 3.63) is 62.6 Å². The number of ether oxygens (including phenoxy) is 3. The molecule has 0 bridgehead atoms. The van der Waals surface area contributed by atoms with Gasteiger partial charge in [0, 0.05) is 25.8 Å². The molecule has 8 nitrogen and oxygen atoms in total. The molecule has 1 aliphatic rings. The molecule has 1 fully saturated rings. The maximum atomic E-state index is 12.7. The molecule has 1 aliphatic heterocycles. The molecule has 0 spiro atoms. The van der Waals surface area contributed by atoms with E-state index in [4.69, 9.17) is 26.4 Å². The lowest BCUT2D eigenvalue weighted by molar-refractivity contribution is 0.0669. The smallest absolute Gasteiger partial charge is 0.261 e. The van der Waals surface area contributed by atoms with Gasteiger partial charge in [-0.15, -0.1) is 0 Å².